The molecule has 1 aromatic carbocycles. The lowest BCUT2D eigenvalue weighted by Gasteiger charge is -2.04. The van der Waals surface area contributed by atoms with E-state index in [9.17, 15) is 4.79 Å². The maximum Gasteiger partial charge on any atom is 0.264 e. The van der Waals surface area contributed by atoms with Crippen LogP contribution in [-0.4, -0.2) is 19.7 Å². The fourth-order valence-corrected chi connectivity index (χ4v) is 1.92. The predicted molar refractivity (Wildman–Crippen MR) is 68.3 cm³/mol. The quantitative estimate of drug-likeness (QED) is 0.751. The van der Waals surface area contributed by atoms with Gasteiger partial charge in [0.15, 0.2) is 5.65 Å². The summed E-state index contributed by atoms with van der Waals surface area (Å²) in [5, 5.41) is 7.08. The lowest BCUT2D eigenvalue weighted by molar-refractivity contribution is 0.662. The maximum absolute atomic E-state index is 12.1. The number of hydrogen-bond donors (Lipinski definition) is 1. The van der Waals surface area contributed by atoms with Crippen LogP contribution in [0.3, 0.4) is 0 Å². The molecule has 0 radical (unpaired) electrons. The van der Waals surface area contributed by atoms with Gasteiger partial charge >= 0.3 is 0 Å². The Morgan fingerprint density at radius 2 is 2.06 bits per heavy atom. The molecule has 3 aromatic rings. The molecule has 5 nitrogen and oxygen atoms in total. The van der Waals surface area contributed by atoms with Crippen molar-refractivity contribution in [2.75, 3.05) is 0 Å². The summed E-state index contributed by atoms with van der Waals surface area (Å²) in [6.45, 7) is 0.622. The molecule has 0 spiro atoms. The Kier molecular flexibility index (Phi) is 2.64. The van der Waals surface area contributed by atoms with Gasteiger partial charge in [0.25, 0.3) is 5.56 Å². The van der Waals surface area contributed by atoms with Crippen LogP contribution in [0.25, 0.3) is 11.0 Å². The van der Waals surface area contributed by atoms with Crippen molar-refractivity contribution in [3.63, 3.8) is 0 Å². The number of H-pyrrole nitrogens is 1. The van der Waals surface area contributed by atoms with Crippen molar-refractivity contribution in [2.24, 2.45) is 0 Å². The van der Waals surface area contributed by atoms with Crippen LogP contribution in [0.15, 0.2) is 47.7 Å². The molecule has 90 valence electrons. The fourth-order valence-electron chi connectivity index (χ4n) is 1.92. The minimum atomic E-state index is -0.0512. The Morgan fingerprint density at radius 3 is 2.89 bits per heavy atom. The molecule has 18 heavy (non-hydrogen) atoms. The monoisotopic (exact) mass is 240 g/mol. The third-order valence-corrected chi connectivity index (χ3v) is 2.92. The topological polar surface area (TPSA) is 63.6 Å². The molecular formula is C13H12N4O. The molecule has 0 saturated heterocycles. The van der Waals surface area contributed by atoms with Crippen LogP contribution >= 0.6 is 0 Å². The molecule has 0 fully saturated rings. The van der Waals surface area contributed by atoms with Crippen LogP contribution in [0.2, 0.25) is 0 Å². The van der Waals surface area contributed by atoms with Gasteiger partial charge in [-0.1, -0.05) is 30.3 Å². The molecule has 0 aliphatic carbocycles. The van der Waals surface area contributed by atoms with Crippen LogP contribution in [0.1, 0.15) is 5.56 Å². The molecule has 0 bridgehead atoms. The highest BCUT2D eigenvalue weighted by atomic mass is 16.1. The zero-order chi connectivity index (χ0) is 12.4. The van der Waals surface area contributed by atoms with E-state index >= 15 is 0 Å². The van der Waals surface area contributed by atoms with Crippen LogP contribution in [0, 0.1) is 0 Å². The van der Waals surface area contributed by atoms with E-state index in [1.54, 1.807) is 17.1 Å². The fraction of sp³-hybridized carbons (Fsp3) is 0.154. The molecule has 3 rings (SSSR count). The highest BCUT2D eigenvalue weighted by molar-refractivity contribution is 5.71. The molecule has 0 amide bonds. The summed E-state index contributed by atoms with van der Waals surface area (Å²) >= 11 is 0. The molecule has 1 N–H and O–H groups in total. The first kappa shape index (κ1) is 10.7. The number of nitrogens with zero attached hydrogens (tertiary/aromatic N) is 3. The lowest BCUT2D eigenvalue weighted by Crippen LogP contribution is -2.21. The number of rotatable bonds is 3. The smallest absolute Gasteiger partial charge is 0.264 e. The van der Waals surface area contributed by atoms with Gasteiger partial charge in [-0.15, -0.1) is 0 Å². The standard InChI is InChI=1S/C13H12N4O/c18-13-11-8-15-16-12(11)14-9-17(13)7-6-10-4-2-1-3-5-10/h1-5,8-9H,6-7H2,(H,15,16). The Labute approximate surface area is 103 Å². The number of aromatic nitrogens is 4. The van der Waals surface area contributed by atoms with Crippen LogP contribution < -0.4 is 5.56 Å². The van der Waals surface area contributed by atoms with E-state index in [1.165, 1.54) is 5.56 Å². The van der Waals surface area contributed by atoms with E-state index in [1.807, 2.05) is 18.2 Å². The Bertz CT molecular complexity index is 714. The van der Waals surface area contributed by atoms with E-state index in [2.05, 4.69) is 27.3 Å². The van der Waals surface area contributed by atoms with Gasteiger partial charge in [-0.2, -0.15) is 5.10 Å². The zero-order valence-corrected chi connectivity index (χ0v) is 9.71. The van der Waals surface area contributed by atoms with Gasteiger partial charge in [-0.05, 0) is 12.0 Å². The molecule has 0 atom stereocenters. The number of aryl methyl sites for hydroxylation is 2. The van der Waals surface area contributed by atoms with Crippen molar-refractivity contribution in [3.8, 4) is 0 Å². The average Bonchev–Trinajstić information content (AvgIpc) is 2.88. The van der Waals surface area contributed by atoms with E-state index in [0.29, 0.717) is 17.6 Å². The van der Waals surface area contributed by atoms with Gasteiger partial charge in [0.1, 0.15) is 11.7 Å². The largest absolute Gasteiger partial charge is 0.298 e. The molecule has 2 aromatic heterocycles. The van der Waals surface area contributed by atoms with Gasteiger partial charge in [0, 0.05) is 12.7 Å². The second kappa shape index (κ2) is 4.44. The number of hydrogen-bond acceptors (Lipinski definition) is 3. The first-order valence-electron chi connectivity index (χ1n) is 5.77. The maximum atomic E-state index is 12.1. The third-order valence-electron chi connectivity index (χ3n) is 2.92. The minimum Gasteiger partial charge on any atom is -0.298 e. The average molecular weight is 240 g/mol. The van der Waals surface area contributed by atoms with Crippen molar-refractivity contribution in [2.45, 2.75) is 13.0 Å². The molecule has 0 aliphatic heterocycles. The van der Waals surface area contributed by atoms with E-state index in [0.717, 1.165) is 6.42 Å². The highest BCUT2D eigenvalue weighted by Gasteiger charge is 2.05. The van der Waals surface area contributed by atoms with Crippen molar-refractivity contribution < 1.29 is 0 Å². The third kappa shape index (κ3) is 1.90. The normalized spacial score (nSPS) is 10.9. The predicted octanol–water partition coefficient (Wildman–Crippen LogP) is 1.36. The van der Waals surface area contributed by atoms with Gasteiger partial charge in [0.05, 0.1) is 0 Å². The van der Waals surface area contributed by atoms with Crippen LogP contribution in [0.4, 0.5) is 0 Å². The summed E-state index contributed by atoms with van der Waals surface area (Å²) < 4.78 is 1.62. The molecule has 2 heterocycles. The van der Waals surface area contributed by atoms with Crippen molar-refractivity contribution in [1.29, 1.82) is 0 Å². The summed E-state index contributed by atoms with van der Waals surface area (Å²) in [5.74, 6) is 0. The van der Waals surface area contributed by atoms with E-state index in [4.69, 9.17) is 0 Å². The first-order valence-corrected chi connectivity index (χ1v) is 5.77. The van der Waals surface area contributed by atoms with Gasteiger partial charge < -0.3 is 0 Å². The van der Waals surface area contributed by atoms with E-state index in [-0.39, 0.29) is 5.56 Å². The van der Waals surface area contributed by atoms with Gasteiger partial charge in [-0.25, -0.2) is 4.98 Å². The second-order valence-corrected chi connectivity index (χ2v) is 4.10. The summed E-state index contributed by atoms with van der Waals surface area (Å²) in [6, 6.07) is 10.1. The molecular weight excluding hydrogens is 228 g/mol. The summed E-state index contributed by atoms with van der Waals surface area (Å²) in [7, 11) is 0. The van der Waals surface area contributed by atoms with Gasteiger partial charge in [0.2, 0.25) is 0 Å². The number of benzene rings is 1. The molecule has 0 aliphatic rings. The molecule has 0 saturated carbocycles. The van der Waals surface area contributed by atoms with Crippen molar-refractivity contribution in [3.05, 3.63) is 58.8 Å². The second-order valence-electron chi connectivity index (χ2n) is 4.10. The minimum absolute atomic E-state index is 0.0512. The Hall–Kier alpha value is -2.43. The van der Waals surface area contributed by atoms with Gasteiger partial charge in [-0.3, -0.25) is 14.5 Å². The van der Waals surface area contributed by atoms with Crippen LogP contribution in [-0.2, 0) is 13.0 Å². The SMILES string of the molecule is O=c1c2c[nH]nc2ncn1CCc1ccccc1. The lowest BCUT2D eigenvalue weighted by atomic mass is 10.1. The summed E-state index contributed by atoms with van der Waals surface area (Å²) in [4.78, 5) is 16.2. The Morgan fingerprint density at radius 1 is 1.22 bits per heavy atom. The van der Waals surface area contributed by atoms with Crippen LogP contribution in [0.5, 0.6) is 0 Å². The van der Waals surface area contributed by atoms with E-state index < -0.39 is 0 Å². The number of nitrogens with one attached hydrogen (secondary N) is 1. The van der Waals surface area contributed by atoms with Crippen molar-refractivity contribution >= 4 is 11.0 Å². The highest BCUT2D eigenvalue weighted by Crippen LogP contribution is 2.03. The number of fused-ring (bicyclic) bond motifs is 1. The first-order chi connectivity index (χ1) is 8.84. The molecule has 0 unspecified atom stereocenters. The summed E-state index contributed by atoms with van der Waals surface area (Å²) in [5.41, 5.74) is 1.62. The number of aromatic amines is 1. The molecule has 5 heteroatoms. The van der Waals surface area contributed by atoms with Crippen molar-refractivity contribution in [1.82, 2.24) is 19.7 Å². The zero-order valence-electron chi connectivity index (χ0n) is 9.71. The summed E-state index contributed by atoms with van der Waals surface area (Å²) in [6.07, 6.45) is 3.95. The Balaban J connectivity index is 1.87.